The maximum absolute atomic E-state index is 13.7. The van der Waals surface area contributed by atoms with E-state index in [4.69, 9.17) is 9.47 Å². The van der Waals surface area contributed by atoms with Crippen molar-refractivity contribution >= 4 is 0 Å². The van der Waals surface area contributed by atoms with Crippen molar-refractivity contribution in [1.29, 1.82) is 0 Å². The van der Waals surface area contributed by atoms with Gasteiger partial charge in [-0.1, -0.05) is 30.3 Å². The van der Waals surface area contributed by atoms with Crippen LogP contribution in [0.25, 0.3) is 0 Å². The number of hydrogen-bond donors (Lipinski definition) is 1. The summed E-state index contributed by atoms with van der Waals surface area (Å²) in [5.41, 5.74) is 2.25. The maximum Gasteiger partial charge on any atom is 0.416 e. The van der Waals surface area contributed by atoms with Gasteiger partial charge in [-0.05, 0) is 49.8 Å². The fraction of sp³-hybridized carbons (Fsp3) is 0.440. The Morgan fingerprint density at radius 2 is 1.86 bits per heavy atom. The second-order valence-corrected chi connectivity index (χ2v) is 8.98. The summed E-state index contributed by atoms with van der Waals surface area (Å²) < 4.78 is 64.8. The smallest absolute Gasteiger partial charge is 0.350 e. The maximum atomic E-state index is 13.7. The second kappa shape index (κ2) is 11.5. The Kier molecular flexibility index (Phi) is 8.35. The van der Waals surface area contributed by atoms with Crippen molar-refractivity contribution < 1.29 is 27.0 Å². The minimum atomic E-state index is -4.40. The van der Waals surface area contributed by atoms with Gasteiger partial charge in [-0.2, -0.15) is 28.6 Å². The fourth-order valence-corrected chi connectivity index (χ4v) is 4.25. The van der Waals surface area contributed by atoms with E-state index >= 15 is 0 Å². The van der Waals surface area contributed by atoms with E-state index in [1.165, 1.54) is 18.2 Å². The molecule has 1 N–H and O–H groups in total. The summed E-state index contributed by atoms with van der Waals surface area (Å²) >= 11 is 0. The molecule has 7 nitrogen and oxygen atoms in total. The summed E-state index contributed by atoms with van der Waals surface area (Å²) in [6.07, 6.45) is -4.81. The Morgan fingerprint density at radius 1 is 1.11 bits per heavy atom. The number of nitrogens with zero attached hydrogens (tertiary/aromatic N) is 4. The summed E-state index contributed by atoms with van der Waals surface area (Å²) in [5.74, 6) is -0.353. The topological polar surface area (TPSA) is 66.5 Å². The van der Waals surface area contributed by atoms with Gasteiger partial charge in [0.1, 0.15) is 17.2 Å². The summed E-state index contributed by atoms with van der Waals surface area (Å²) in [6, 6.07) is 11.0. The highest BCUT2D eigenvalue weighted by Gasteiger charge is 2.35. The summed E-state index contributed by atoms with van der Waals surface area (Å²) in [7, 11) is 3.89. The average Bonchev–Trinajstić information content (AvgIpc) is 3.25. The number of halogens is 4. The summed E-state index contributed by atoms with van der Waals surface area (Å²) in [5, 5.41) is 11.3. The van der Waals surface area contributed by atoms with Gasteiger partial charge in [0.25, 0.3) is 0 Å². The standard InChI is InChI=1S/C25H29F4N5O2/c1-33(2)15-21-22(31-32-30-21)16-34-11-13-36-24(23(34)18-6-8-20(26)9-7-18)35-12-10-17-4-3-5-19(14-17)25(27,28)29/h3-9,14,23-24H,10-13,15-16H2,1-2H3,(H,30,31,32). The van der Waals surface area contributed by atoms with Gasteiger partial charge in [0.15, 0.2) is 6.29 Å². The van der Waals surface area contributed by atoms with Crippen LogP contribution in [0.2, 0.25) is 0 Å². The lowest BCUT2D eigenvalue weighted by Gasteiger charge is -2.41. The fourth-order valence-electron chi connectivity index (χ4n) is 4.25. The zero-order chi connectivity index (χ0) is 25.7. The highest BCUT2D eigenvalue weighted by molar-refractivity contribution is 5.26. The van der Waals surface area contributed by atoms with Gasteiger partial charge >= 0.3 is 6.18 Å². The van der Waals surface area contributed by atoms with Gasteiger partial charge in [-0.15, -0.1) is 0 Å². The predicted molar refractivity (Wildman–Crippen MR) is 124 cm³/mol. The molecule has 2 heterocycles. The number of rotatable bonds is 9. The van der Waals surface area contributed by atoms with E-state index in [0.29, 0.717) is 31.8 Å². The van der Waals surface area contributed by atoms with Crippen molar-refractivity contribution in [3.05, 3.63) is 82.4 Å². The average molecular weight is 508 g/mol. The molecule has 4 rings (SSSR count). The first kappa shape index (κ1) is 26.2. The normalized spacial score (nSPS) is 19.2. The summed E-state index contributed by atoms with van der Waals surface area (Å²) in [4.78, 5) is 4.14. The van der Waals surface area contributed by atoms with Crippen LogP contribution >= 0.6 is 0 Å². The molecule has 1 aliphatic rings. The molecule has 1 aliphatic heterocycles. The molecule has 0 amide bonds. The lowest BCUT2D eigenvalue weighted by Crippen LogP contribution is -2.46. The van der Waals surface area contributed by atoms with Crippen molar-refractivity contribution in [3.63, 3.8) is 0 Å². The Hall–Kier alpha value is -2.86. The molecule has 0 spiro atoms. The van der Waals surface area contributed by atoms with Crippen LogP contribution in [0.4, 0.5) is 17.6 Å². The largest absolute Gasteiger partial charge is 0.416 e. The van der Waals surface area contributed by atoms with Gasteiger partial charge in [-0.3, -0.25) is 4.90 Å². The molecule has 1 aromatic heterocycles. The third-order valence-electron chi connectivity index (χ3n) is 5.97. The zero-order valence-electron chi connectivity index (χ0n) is 20.1. The van der Waals surface area contributed by atoms with Crippen LogP contribution in [0, 0.1) is 5.82 Å². The van der Waals surface area contributed by atoms with Crippen LogP contribution in [0.1, 0.15) is 34.1 Å². The number of morpholine rings is 1. The molecule has 194 valence electrons. The third kappa shape index (κ3) is 6.67. The SMILES string of the molecule is CN(C)Cc1n[nH]nc1CN1CCOC(OCCc2cccc(C(F)(F)F)c2)C1c1ccc(F)cc1. The Balaban J connectivity index is 1.50. The number of benzene rings is 2. The molecular formula is C25H29F4N5O2. The van der Waals surface area contributed by atoms with Gasteiger partial charge in [0.05, 0.1) is 24.8 Å². The first-order chi connectivity index (χ1) is 17.2. The third-order valence-corrected chi connectivity index (χ3v) is 5.97. The lowest BCUT2D eigenvalue weighted by molar-refractivity contribution is -0.212. The minimum Gasteiger partial charge on any atom is -0.350 e. The number of aromatic nitrogens is 3. The van der Waals surface area contributed by atoms with Crippen LogP contribution in [0.15, 0.2) is 48.5 Å². The lowest BCUT2D eigenvalue weighted by atomic mass is 10.0. The molecule has 0 radical (unpaired) electrons. The molecule has 3 aromatic rings. The van der Waals surface area contributed by atoms with E-state index in [9.17, 15) is 17.6 Å². The Bertz CT molecular complexity index is 1120. The van der Waals surface area contributed by atoms with Crippen LogP contribution in [-0.2, 0) is 35.2 Å². The molecule has 0 aliphatic carbocycles. The van der Waals surface area contributed by atoms with Gasteiger partial charge in [0.2, 0.25) is 0 Å². The Labute approximate surface area is 207 Å². The molecule has 1 fully saturated rings. The van der Waals surface area contributed by atoms with Crippen LogP contribution in [0.5, 0.6) is 0 Å². The van der Waals surface area contributed by atoms with E-state index in [1.54, 1.807) is 18.2 Å². The molecular weight excluding hydrogens is 478 g/mol. The Morgan fingerprint density at radius 3 is 2.58 bits per heavy atom. The minimum absolute atomic E-state index is 0.160. The van der Waals surface area contributed by atoms with Crippen molar-refractivity contribution in [2.45, 2.75) is 38.0 Å². The molecule has 2 atom stereocenters. The van der Waals surface area contributed by atoms with E-state index < -0.39 is 18.0 Å². The van der Waals surface area contributed by atoms with Gasteiger partial charge in [-0.25, -0.2) is 4.39 Å². The number of alkyl halides is 3. The quantitative estimate of drug-likeness (QED) is 0.439. The van der Waals surface area contributed by atoms with Crippen LogP contribution in [-0.4, -0.2) is 65.4 Å². The number of ether oxygens (including phenoxy) is 2. The molecule has 0 bridgehead atoms. The molecule has 2 aromatic carbocycles. The van der Waals surface area contributed by atoms with E-state index in [1.807, 2.05) is 19.0 Å². The van der Waals surface area contributed by atoms with E-state index in [2.05, 4.69) is 20.3 Å². The van der Waals surface area contributed by atoms with E-state index in [-0.39, 0.29) is 24.9 Å². The number of nitrogens with one attached hydrogen (secondary N) is 1. The first-order valence-electron chi connectivity index (χ1n) is 11.6. The van der Waals surface area contributed by atoms with Crippen LogP contribution in [0.3, 0.4) is 0 Å². The molecule has 2 unspecified atom stereocenters. The number of hydrogen-bond acceptors (Lipinski definition) is 6. The highest BCUT2D eigenvalue weighted by Crippen LogP contribution is 2.33. The van der Waals surface area contributed by atoms with Gasteiger partial charge in [0, 0.05) is 19.6 Å². The van der Waals surface area contributed by atoms with Crippen molar-refractivity contribution in [1.82, 2.24) is 25.2 Å². The number of H-pyrrole nitrogens is 1. The molecule has 1 saturated heterocycles. The van der Waals surface area contributed by atoms with Crippen molar-refractivity contribution in [2.75, 3.05) is 33.9 Å². The zero-order valence-corrected chi connectivity index (χ0v) is 20.1. The van der Waals surface area contributed by atoms with Crippen molar-refractivity contribution in [2.24, 2.45) is 0 Å². The molecule has 36 heavy (non-hydrogen) atoms. The van der Waals surface area contributed by atoms with Crippen LogP contribution < -0.4 is 0 Å². The van der Waals surface area contributed by atoms with Gasteiger partial charge < -0.3 is 14.4 Å². The monoisotopic (exact) mass is 507 g/mol. The summed E-state index contributed by atoms with van der Waals surface area (Å²) in [6.45, 7) is 2.23. The number of aromatic amines is 1. The molecule has 0 saturated carbocycles. The molecule has 11 heteroatoms. The predicted octanol–water partition coefficient (Wildman–Crippen LogP) is 4.18. The second-order valence-electron chi connectivity index (χ2n) is 8.98. The van der Waals surface area contributed by atoms with Crippen molar-refractivity contribution in [3.8, 4) is 0 Å². The first-order valence-corrected chi connectivity index (χ1v) is 11.6. The van der Waals surface area contributed by atoms with E-state index in [0.717, 1.165) is 29.1 Å². The highest BCUT2D eigenvalue weighted by atomic mass is 19.4.